The lowest BCUT2D eigenvalue weighted by Gasteiger charge is -2.14. The summed E-state index contributed by atoms with van der Waals surface area (Å²) < 4.78 is 0. The van der Waals surface area contributed by atoms with Crippen LogP contribution >= 0.6 is 11.6 Å². The van der Waals surface area contributed by atoms with Crippen LogP contribution in [0.1, 0.15) is 35.7 Å². The number of alkyl halides is 1. The molecule has 0 atom stereocenters. The standard InChI is InChI=1S/C14H16ClNO2/c1-2-16-12-6-5-10(13(17)4-3-7-15)8-11(12)9-14(16)18/h5-6,8H,2-4,7,9H2,1H3. The number of nitrogens with zero attached hydrogens (tertiary/aromatic N) is 1. The summed E-state index contributed by atoms with van der Waals surface area (Å²) in [5.41, 5.74) is 2.58. The van der Waals surface area contributed by atoms with Crippen molar-refractivity contribution >= 4 is 29.0 Å². The quantitative estimate of drug-likeness (QED) is 0.606. The topological polar surface area (TPSA) is 37.4 Å². The van der Waals surface area contributed by atoms with E-state index < -0.39 is 0 Å². The Labute approximate surface area is 112 Å². The molecule has 0 aromatic heterocycles. The lowest BCUT2D eigenvalue weighted by atomic mass is 10.0. The molecule has 0 bridgehead atoms. The van der Waals surface area contributed by atoms with Gasteiger partial charge in [0.2, 0.25) is 5.91 Å². The minimum absolute atomic E-state index is 0.0980. The zero-order valence-electron chi connectivity index (χ0n) is 10.4. The van der Waals surface area contributed by atoms with Crippen molar-refractivity contribution in [1.29, 1.82) is 0 Å². The Morgan fingerprint density at radius 3 is 2.89 bits per heavy atom. The van der Waals surface area contributed by atoms with Crippen molar-refractivity contribution in [1.82, 2.24) is 0 Å². The van der Waals surface area contributed by atoms with Crippen LogP contribution < -0.4 is 4.90 Å². The molecule has 0 aliphatic carbocycles. The van der Waals surface area contributed by atoms with E-state index >= 15 is 0 Å². The third kappa shape index (κ3) is 2.41. The molecular weight excluding hydrogens is 250 g/mol. The number of hydrogen-bond acceptors (Lipinski definition) is 2. The van der Waals surface area contributed by atoms with Crippen molar-refractivity contribution < 1.29 is 9.59 Å². The third-order valence-corrected chi connectivity index (χ3v) is 3.46. The fourth-order valence-corrected chi connectivity index (χ4v) is 2.41. The van der Waals surface area contributed by atoms with Crippen LogP contribution in [-0.4, -0.2) is 24.1 Å². The molecule has 1 aliphatic heterocycles. The van der Waals surface area contributed by atoms with Gasteiger partial charge in [-0.2, -0.15) is 0 Å². The molecule has 1 aromatic rings. The van der Waals surface area contributed by atoms with Gasteiger partial charge in [0.15, 0.2) is 5.78 Å². The average Bonchev–Trinajstić information content (AvgIpc) is 2.69. The van der Waals surface area contributed by atoms with Gasteiger partial charge < -0.3 is 4.90 Å². The number of halogens is 1. The van der Waals surface area contributed by atoms with E-state index in [1.165, 1.54) is 0 Å². The van der Waals surface area contributed by atoms with E-state index in [2.05, 4.69) is 0 Å². The SMILES string of the molecule is CCN1C(=O)Cc2cc(C(=O)CCCCl)ccc21. The summed E-state index contributed by atoms with van der Waals surface area (Å²) in [5, 5.41) is 0. The first-order chi connectivity index (χ1) is 8.67. The fourth-order valence-electron chi connectivity index (χ4n) is 2.27. The number of rotatable bonds is 5. The van der Waals surface area contributed by atoms with Gasteiger partial charge in [0.1, 0.15) is 0 Å². The second-order valence-electron chi connectivity index (χ2n) is 4.37. The summed E-state index contributed by atoms with van der Waals surface area (Å²) in [6.07, 6.45) is 1.56. The van der Waals surface area contributed by atoms with Gasteiger partial charge >= 0.3 is 0 Å². The Balaban J connectivity index is 2.22. The van der Waals surface area contributed by atoms with Crippen molar-refractivity contribution in [2.75, 3.05) is 17.3 Å². The molecule has 18 heavy (non-hydrogen) atoms. The summed E-state index contributed by atoms with van der Waals surface area (Å²) in [7, 11) is 0. The van der Waals surface area contributed by atoms with Crippen LogP contribution in [0.5, 0.6) is 0 Å². The maximum Gasteiger partial charge on any atom is 0.231 e. The molecule has 3 nitrogen and oxygen atoms in total. The summed E-state index contributed by atoms with van der Waals surface area (Å²) in [4.78, 5) is 25.4. The third-order valence-electron chi connectivity index (χ3n) is 3.19. The first-order valence-electron chi connectivity index (χ1n) is 6.19. The highest BCUT2D eigenvalue weighted by atomic mass is 35.5. The molecule has 2 rings (SSSR count). The number of likely N-dealkylation sites (N-methyl/N-ethyl adjacent to an activating group) is 1. The lowest BCUT2D eigenvalue weighted by molar-refractivity contribution is -0.117. The molecule has 0 fully saturated rings. The van der Waals surface area contributed by atoms with Crippen LogP contribution in [0.2, 0.25) is 0 Å². The van der Waals surface area contributed by atoms with Gasteiger partial charge in [-0.25, -0.2) is 0 Å². The first-order valence-corrected chi connectivity index (χ1v) is 6.73. The van der Waals surface area contributed by atoms with Gasteiger partial charge in [0.05, 0.1) is 6.42 Å². The molecule has 0 saturated carbocycles. The minimum atomic E-state index is 0.0980. The summed E-state index contributed by atoms with van der Waals surface area (Å²) >= 11 is 5.58. The van der Waals surface area contributed by atoms with Crippen LogP contribution in [0, 0.1) is 0 Å². The van der Waals surface area contributed by atoms with E-state index in [1.54, 1.807) is 11.0 Å². The molecule has 1 heterocycles. The number of carbonyl (C=O) groups excluding carboxylic acids is 2. The maximum absolute atomic E-state index is 11.9. The van der Waals surface area contributed by atoms with Crippen LogP contribution in [0.15, 0.2) is 18.2 Å². The van der Waals surface area contributed by atoms with Crippen LogP contribution in [0.4, 0.5) is 5.69 Å². The number of hydrogen-bond donors (Lipinski definition) is 0. The number of anilines is 1. The van der Waals surface area contributed by atoms with Gasteiger partial charge in [-0.15, -0.1) is 11.6 Å². The van der Waals surface area contributed by atoms with E-state index in [4.69, 9.17) is 11.6 Å². The molecule has 0 unspecified atom stereocenters. The Bertz CT molecular complexity index is 485. The Hall–Kier alpha value is -1.35. The van der Waals surface area contributed by atoms with Gasteiger partial charge in [0.25, 0.3) is 0 Å². The number of benzene rings is 1. The Morgan fingerprint density at radius 2 is 2.22 bits per heavy atom. The number of carbonyl (C=O) groups is 2. The second-order valence-corrected chi connectivity index (χ2v) is 4.75. The van der Waals surface area contributed by atoms with E-state index in [-0.39, 0.29) is 11.7 Å². The highest BCUT2D eigenvalue weighted by Gasteiger charge is 2.26. The molecule has 0 saturated heterocycles. The summed E-state index contributed by atoms with van der Waals surface area (Å²) in [5.74, 6) is 0.706. The number of amides is 1. The van der Waals surface area contributed by atoms with Gasteiger partial charge in [-0.3, -0.25) is 9.59 Å². The largest absolute Gasteiger partial charge is 0.312 e. The summed E-state index contributed by atoms with van der Waals surface area (Å²) in [6.45, 7) is 2.62. The van der Waals surface area contributed by atoms with Crippen molar-refractivity contribution in [2.45, 2.75) is 26.2 Å². The van der Waals surface area contributed by atoms with Gasteiger partial charge in [-0.05, 0) is 37.1 Å². The fraction of sp³-hybridized carbons (Fsp3) is 0.429. The Morgan fingerprint density at radius 1 is 1.44 bits per heavy atom. The number of fused-ring (bicyclic) bond motifs is 1. The Kier molecular flexibility index (Phi) is 4.02. The van der Waals surface area contributed by atoms with Crippen LogP contribution in [-0.2, 0) is 11.2 Å². The second kappa shape index (κ2) is 5.53. The van der Waals surface area contributed by atoms with Crippen molar-refractivity contribution in [3.63, 3.8) is 0 Å². The molecule has 96 valence electrons. The van der Waals surface area contributed by atoms with Crippen molar-refractivity contribution in [2.24, 2.45) is 0 Å². The van der Waals surface area contributed by atoms with E-state index in [9.17, 15) is 9.59 Å². The van der Waals surface area contributed by atoms with Crippen LogP contribution in [0.3, 0.4) is 0 Å². The van der Waals surface area contributed by atoms with Gasteiger partial charge in [0, 0.05) is 30.1 Å². The van der Waals surface area contributed by atoms with Gasteiger partial charge in [-0.1, -0.05) is 0 Å². The highest BCUT2D eigenvalue weighted by molar-refractivity contribution is 6.18. The molecule has 1 aliphatic rings. The molecule has 1 amide bonds. The predicted octanol–water partition coefficient (Wildman–Crippen LogP) is 2.80. The molecule has 1 aromatic carbocycles. The highest BCUT2D eigenvalue weighted by Crippen LogP contribution is 2.29. The minimum Gasteiger partial charge on any atom is -0.312 e. The maximum atomic E-state index is 11.9. The van der Waals surface area contributed by atoms with Crippen molar-refractivity contribution in [3.8, 4) is 0 Å². The smallest absolute Gasteiger partial charge is 0.231 e. The predicted molar refractivity (Wildman–Crippen MR) is 72.5 cm³/mol. The zero-order valence-corrected chi connectivity index (χ0v) is 11.2. The van der Waals surface area contributed by atoms with E-state index in [1.807, 2.05) is 19.1 Å². The normalized spacial score (nSPS) is 13.9. The zero-order chi connectivity index (χ0) is 13.1. The number of ketones is 1. The molecule has 0 spiro atoms. The van der Waals surface area contributed by atoms with Crippen molar-refractivity contribution in [3.05, 3.63) is 29.3 Å². The average molecular weight is 266 g/mol. The van der Waals surface area contributed by atoms with E-state index in [0.717, 1.165) is 11.3 Å². The lowest BCUT2D eigenvalue weighted by Crippen LogP contribution is -2.25. The summed E-state index contributed by atoms with van der Waals surface area (Å²) in [6, 6.07) is 5.52. The van der Waals surface area contributed by atoms with Crippen LogP contribution in [0.25, 0.3) is 0 Å². The number of Topliss-reactive ketones (excluding diaryl/α,β-unsaturated/α-hetero) is 1. The first kappa shape index (κ1) is 13.1. The molecule has 4 heteroatoms. The monoisotopic (exact) mass is 265 g/mol. The molecule has 0 radical (unpaired) electrons. The molecule has 0 N–H and O–H groups in total. The molecular formula is C14H16ClNO2. The van der Waals surface area contributed by atoms with E-state index in [0.29, 0.717) is 37.3 Å².